The SMILES string of the molecule is CCC(C)C(C(=O)OC(C)C(=O)Nc1ccccc1Cl)c1ccccc1. The van der Waals surface area contributed by atoms with E-state index in [0.717, 1.165) is 12.0 Å². The van der Waals surface area contributed by atoms with E-state index in [4.69, 9.17) is 16.3 Å². The van der Waals surface area contributed by atoms with Crippen molar-refractivity contribution in [1.29, 1.82) is 0 Å². The van der Waals surface area contributed by atoms with Gasteiger partial charge in [-0.15, -0.1) is 0 Å². The number of nitrogens with one attached hydrogen (secondary N) is 1. The highest BCUT2D eigenvalue weighted by Gasteiger charge is 2.30. The molecule has 0 heterocycles. The summed E-state index contributed by atoms with van der Waals surface area (Å²) in [7, 11) is 0. The van der Waals surface area contributed by atoms with Crippen LogP contribution in [0.3, 0.4) is 0 Å². The summed E-state index contributed by atoms with van der Waals surface area (Å²) in [5.74, 6) is -1.12. The molecule has 0 aliphatic carbocycles. The first kappa shape index (κ1) is 20.0. The van der Waals surface area contributed by atoms with Crippen LogP contribution in [0.4, 0.5) is 5.69 Å². The van der Waals surface area contributed by atoms with Gasteiger partial charge in [-0.1, -0.05) is 74.3 Å². The number of hydrogen-bond acceptors (Lipinski definition) is 3. The van der Waals surface area contributed by atoms with Crippen molar-refractivity contribution in [2.45, 2.75) is 39.2 Å². The molecule has 4 nitrogen and oxygen atoms in total. The fraction of sp³-hybridized carbons (Fsp3) is 0.333. The number of ether oxygens (including phenoxy) is 1. The van der Waals surface area contributed by atoms with Gasteiger partial charge >= 0.3 is 5.97 Å². The van der Waals surface area contributed by atoms with Crippen LogP contribution in [0.5, 0.6) is 0 Å². The lowest BCUT2D eigenvalue weighted by Crippen LogP contribution is -2.33. The minimum Gasteiger partial charge on any atom is -0.452 e. The molecule has 0 radical (unpaired) electrons. The lowest BCUT2D eigenvalue weighted by molar-refractivity contribution is -0.155. The summed E-state index contributed by atoms with van der Waals surface area (Å²) in [6, 6.07) is 16.4. The van der Waals surface area contributed by atoms with Gasteiger partial charge in [-0.05, 0) is 30.5 Å². The van der Waals surface area contributed by atoms with E-state index in [1.807, 2.05) is 44.2 Å². The molecule has 0 aliphatic heterocycles. The van der Waals surface area contributed by atoms with Crippen molar-refractivity contribution in [1.82, 2.24) is 0 Å². The van der Waals surface area contributed by atoms with Gasteiger partial charge < -0.3 is 10.1 Å². The fourth-order valence-corrected chi connectivity index (χ4v) is 2.87. The number of halogens is 1. The van der Waals surface area contributed by atoms with E-state index in [1.54, 1.807) is 31.2 Å². The van der Waals surface area contributed by atoms with Crippen molar-refractivity contribution in [3.8, 4) is 0 Å². The van der Waals surface area contributed by atoms with Crippen molar-refractivity contribution in [2.24, 2.45) is 5.92 Å². The second-order valence-corrected chi connectivity index (χ2v) is 6.73. The Balaban J connectivity index is 2.08. The molecule has 0 spiro atoms. The van der Waals surface area contributed by atoms with Crippen LogP contribution in [0.2, 0.25) is 5.02 Å². The van der Waals surface area contributed by atoms with Gasteiger partial charge in [0.05, 0.1) is 16.6 Å². The van der Waals surface area contributed by atoms with E-state index in [9.17, 15) is 9.59 Å². The summed E-state index contributed by atoms with van der Waals surface area (Å²) in [5, 5.41) is 3.12. The largest absolute Gasteiger partial charge is 0.452 e. The number of benzene rings is 2. The quantitative estimate of drug-likeness (QED) is 0.691. The number of hydrogen-bond donors (Lipinski definition) is 1. The molecule has 1 N–H and O–H groups in total. The van der Waals surface area contributed by atoms with Crippen LogP contribution >= 0.6 is 11.6 Å². The Kier molecular flexibility index (Phi) is 7.22. The summed E-state index contributed by atoms with van der Waals surface area (Å²) in [6.07, 6.45) is -0.0939. The molecule has 26 heavy (non-hydrogen) atoms. The highest BCUT2D eigenvalue weighted by molar-refractivity contribution is 6.33. The average Bonchev–Trinajstić information content (AvgIpc) is 2.64. The molecule has 5 heteroatoms. The predicted octanol–water partition coefficient (Wildman–Crippen LogP) is 5.04. The zero-order valence-corrected chi connectivity index (χ0v) is 16.0. The maximum absolute atomic E-state index is 12.7. The topological polar surface area (TPSA) is 55.4 Å². The molecule has 2 aromatic rings. The third kappa shape index (κ3) is 5.09. The van der Waals surface area contributed by atoms with Gasteiger partial charge in [0.1, 0.15) is 0 Å². The number of amides is 1. The number of carbonyl (C=O) groups excluding carboxylic acids is 2. The van der Waals surface area contributed by atoms with E-state index < -0.39 is 23.9 Å². The summed E-state index contributed by atoms with van der Waals surface area (Å²) < 4.78 is 5.47. The van der Waals surface area contributed by atoms with Gasteiger partial charge in [0.2, 0.25) is 0 Å². The minimum absolute atomic E-state index is 0.101. The van der Waals surface area contributed by atoms with Crippen LogP contribution in [0.15, 0.2) is 54.6 Å². The molecule has 0 saturated carbocycles. The van der Waals surface area contributed by atoms with Crippen LogP contribution in [0, 0.1) is 5.92 Å². The van der Waals surface area contributed by atoms with Gasteiger partial charge in [-0.3, -0.25) is 9.59 Å². The molecule has 0 aliphatic rings. The molecule has 2 rings (SSSR count). The average molecular weight is 374 g/mol. The molecule has 3 unspecified atom stereocenters. The van der Waals surface area contributed by atoms with Crippen LogP contribution in [0.1, 0.15) is 38.7 Å². The third-order valence-corrected chi connectivity index (χ3v) is 4.75. The second-order valence-electron chi connectivity index (χ2n) is 6.32. The standard InChI is InChI=1S/C21H24ClNO3/c1-4-14(2)19(16-10-6-5-7-11-16)21(25)26-15(3)20(24)23-18-13-9-8-12-17(18)22/h5-15,19H,4H2,1-3H3,(H,23,24). The van der Waals surface area contributed by atoms with Crippen LogP contribution in [0.25, 0.3) is 0 Å². The van der Waals surface area contributed by atoms with E-state index in [-0.39, 0.29) is 5.92 Å². The highest BCUT2D eigenvalue weighted by Crippen LogP contribution is 2.29. The molecular weight excluding hydrogens is 350 g/mol. The number of rotatable bonds is 7. The second kappa shape index (κ2) is 9.39. The first-order chi connectivity index (χ1) is 12.4. The number of esters is 1. The van der Waals surface area contributed by atoms with E-state index in [1.165, 1.54) is 0 Å². The monoisotopic (exact) mass is 373 g/mol. The Bertz CT molecular complexity index is 748. The molecular formula is C21H24ClNO3. The van der Waals surface area contributed by atoms with Crippen molar-refractivity contribution in [2.75, 3.05) is 5.32 Å². The Hall–Kier alpha value is -2.33. The van der Waals surface area contributed by atoms with Crippen molar-refractivity contribution >= 4 is 29.2 Å². The van der Waals surface area contributed by atoms with Crippen LogP contribution in [-0.4, -0.2) is 18.0 Å². The first-order valence-electron chi connectivity index (χ1n) is 8.74. The number of para-hydroxylation sites is 1. The normalized spacial score (nSPS) is 14.2. The molecule has 2 aromatic carbocycles. The molecule has 0 aromatic heterocycles. The first-order valence-corrected chi connectivity index (χ1v) is 9.12. The molecule has 0 fully saturated rings. The summed E-state index contributed by atoms with van der Waals surface area (Å²) in [5.41, 5.74) is 1.38. The molecule has 0 saturated heterocycles. The van der Waals surface area contributed by atoms with Crippen LogP contribution < -0.4 is 5.32 Å². The fourth-order valence-electron chi connectivity index (χ4n) is 2.69. The zero-order chi connectivity index (χ0) is 19.1. The van der Waals surface area contributed by atoms with Crippen molar-refractivity contribution < 1.29 is 14.3 Å². The van der Waals surface area contributed by atoms with Gasteiger partial charge in [-0.2, -0.15) is 0 Å². The lowest BCUT2D eigenvalue weighted by Gasteiger charge is -2.24. The minimum atomic E-state index is -0.922. The van der Waals surface area contributed by atoms with Gasteiger partial charge in [0, 0.05) is 0 Å². The highest BCUT2D eigenvalue weighted by atomic mass is 35.5. The molecule has 1 amide bonds. The summed E-state index contributed by atoms with van der Waals surface area (Å²) in [4.78, 5) is 25.1. The summed E-state index contributed by atoms with van der Waals surface area (Å²) >= 11 is 6.05. The van der Waals surface area contributed by atoms with E-state index in [0.29, 0.717) is 10.7 Å². The zero-order valence-electron chi connectivity index (χ0n) is 15.2. The third-order valence-electron chi connectivity index (χ3n) is 4.42. The Morgan fingerprint density at radius 3 is 2.27 bits per heavy atom. The van der Waals surface area contributed by atoms with E-state index >= 15 is 0 Å². The smallest absolute Gasteiger partial charge is 0.314 e. The van der Waals surface area contributed by atoms with Gasteiger partial charge in [-0.25, -0.2) is 0 Å². The van der Waals surface area contributed by atoms with Crippen molar-refractivity contribution in [3.05, 3.63) is 65.2 Å². The Morgan fingerprint density at radius 2 is 1.65 bits per heavy atom. The maximum atomic E-state index is 12.7. The Labute approximate surface area is 159 Å². The predicted molar refractivity (Wildman–Crippen MR) is 104 cm³/mol. The van der Waals surface area contributed by atoms with E-state index in [2.05, 4.69) is 5.32 Å². The number of carbonyl (C=O) groups is 2. The van der Waals surface area contributed by atoms with Crippen molar-refractivity contribution in [3.63, 3.8) is 0 Å². The van der Waals surface area contributed by atoms with Gasteiger partial charge in [0.15, 0.2) is 6.10 Å². The molecule has 0 bridgehead atoms. The maximum Gasteiger partial charge on any atom is 0.314 e. The number of anilines is 1. The molecule has 3 atom stereocenters. The molecule has 138 valence electrons. The Morgan fingerprint density at radius 1 is 1.04 bits per heavy atom. The van der Waals surface area contributed by atoms with Gasteiger partial charge in [0.25, 0.3) is 5.91 Å². The lowest BCUT2D eigenvalue weighted by atomic mass is 9.85. The summed E-state index contributed by atoms with van der Waals surface area (Å²) in [6.45, 7) is 5.59. The van der Waals surface area contributed by atoms with Crippen LogP contribution in [-0.2, 0) is 14.3 Å².